The highest BCUT2D eigenvalue weighted by Gasteiger charge is 2.35. The molecule has 0 saturated carbocycles. The summed E-state index contributed by atoms with van der Waals surface area (Å²) in [6, 6.07) is 2.79. The Hall–Kier alpha value is -1.76. The number of aryl methyl sites for hydroxylation is 1. The standard InChI is InChI=1S/C21H37N5O2/c1-15-13-18(25-12-7-16(22)14-21(25,5)6)23-26(15)17-8-10-24(11-9-17)19(27)28-20(2,3)4/h13,16-17H,7-12,14,22H2,1-6H3. The molecule has 0 bridgehead atoms. The summed E-state index contributed by atoms with van der Waals surface area (Å²) in [7, 11) is 0. The summed E-state index contributed by atoms with van der Waals surface area (Å²) in [6.07, 6.45) is 3.57. The van der Waals surface area contributed by atoms with Crippen LogP contribution in [0.3, 0.4) is 0 Å². The Morgan fingerprint density at radius 2 is 1.86 bits per heavy atom. The minimum absolute atomic E-state index is 0.0172. The molecule has 7 heteroatoms. The zero-order chi connectivity index (χ0) is 20.7. The third-order valence-corrected chi connectivity index (χ3v) is 5.86. The fraction of sp³-hybridized carbons (Fsp3) is 0.810. The topological polar surface area (TPSA) is 76.6 Å². The molecule has 1 aromatic heterocycles. The zero-order valence-electron chi connectivity index (χ0n) is 18.4. The van der Waals surface area contributed by atoms with E-state index in [1.165, 1.54) is 5.69 Å². The van der Waals surface area contributed by atoms with Crippen LogP contribution in [0.25, 0.3) is 0 Å². The van der Waals surface area contributed by atoms with Crippen LogP contribution in [0, 0.1) is 6.92 Å². The first-order valence-corrected chi connectivity index (χ1v) is 10.5. The highest BCUT2D eigenvalue weighted by Crippen LogP contribution is 2.33. The molecule has 7 nitrogen and oxygen atoms in total. The van der Waals surface area contributed by atoms with Crippen LogP contribution in [-0.4, -0.2) is 57.6 Å². The quantitative estimate of drug-likeness (QED) is 0.835. The number of hydrogen-bond acceptors (Lipinski definition) is 5. The lowest BCUT2D eigenvalue weighted by molar-refractivity contribution is 0.0184. The van der Waals surface area contributed by atoms with Crippen LogP contribution >= 0.6 is 0 Å². The predicted molar refractivity (Wildman–Crippen MR) is 112 cm³/mol. The molecule has 2 N–H and O–H groups in total. The van der Waals surface area contributed by atoms with Crippen LogP contribution in [0.2, 0.25) is 0 Å². The fourth-order valence-corrected chi connectivity index (χ4v) is 4.47. The van der Waals surface area contributed by atoms with E-state index in [-0.39, 0.29) is 17.7 Å². The Balaban J connectivity index is 1.66. The average molecular weight is 392 g/mol. The number of anilines is 1. The van der Waals surface area contributed by atoms with E-state index >= 15 is 0 Å². The van der Waals surface area contributed by atoms with E-state index < -0.39 is 5.60 Å². The number of amides is 1. The molecule has 1 unspecified atom stereocenters. The van der Waals surface area contributed by atoms with Crippen molar-refractivity contribution in [3.05, 3.63) is 11.8 Å². The van der Waals surface area contributed by atoms with Crippen LogP contribution in [0.4, 0.5) is 10.6 Å². The van der Waals surface area contributed by atoms with Gasteiger partial charge in [-0.05, 0) is 67.2 Å². The molecule has 0 aromatic carbocycles. The number of aromatic nitrogens is 2. The second kappa shape index (κ2) is 7.58. The number of likely N-dealkylation sites (tertiary alicyclic amines) is 1. The van der Waals surface area contributed by atoms with E-state index in [0.717, 1.165) is 38.0 Å². The maximum Gasteiger partial charge on any atom is 0.410 e. The number of hydrogen-bond donors (Lipinski definition) is 1. The van der Waals surface area contributed by atoms with Gasteiger partial charge in [0.1, 0.15) is 5.60 Å². The van der Waals surface area contributed by atoms with E-state index in [2.05, 4.69) is 36.4 Å². The highest BCUT2D eigenvalue weighted by molar-refractivity contribution is 5.68. The molecule has 3 rings (SSSR count). The third-order valence-electron chi connectivity index (χ3n) is 5.86. The summed E-state index contributed by atoms with van der Waals surface area (Å²) in [6.45, 7) is 14.7. The van der Waals surface area contributed by atoms with Gasteiger partial charge in [-0.25, -0.2) is 4.79 Å². The molecule has 2 saturated heterocycles. The zero-order valence-corrected chi connectivity index (χ0v) is 18.4. The van der Waals surface area contributed by atoms with Gasteiger partial charge in [-0.1, -0.05) is 0 Å². The average Bonchev–Trinajstić information content (AvgIpc) is 2.93. The summed E-state index contributed by atoms with van der Waals surface area (Å²) in [4.78, 5) is 16.5. The normalized spacial score (nSPS) is 23.8. The van der Waals surface area contributed by atoms with Gasteiger partial charge in [0.25, 0.3) is 0 Å². The first-order chi connectivity index (χ1) is 13.0. The predicted octanol–water partition coefficient (Wildman–Crippen LogP) is 3.47. The Labute approximate surface area is 169 Å². The van der Waals surface area contributed by atoms with E-state index in [4.69, 9.17) is 15.6 Å². The van der Waals surface area contributed by atoms with Crippen molar-refractivity contribution in [1.82, 2.24) is 14.7 Å². The van der Waals surface area contributed by atoms with Crippen molar-refractivity contribution in [1.29, 1.82) is 0 Å². The van der Waals surface area contributed by atoms with Gasteiger partial charge in [-0.15, -0.1) is 0 Å². The van der Waals surface area contributed by atoms with Crippen molar-refractivity contribution >= 4 is 11.9 Å². The molecule has 2 aliphatic rings. The number of ether oxygens (including phenoxy) is 1. The molecule has 158 valence electrons. The van der Waals surface area contributed by atoms with Crippen LogP contribution < -0.4 is 10.6 Å². The van der Waals surface area contributed by atoms with Crippen molar-refractivity contribution < 1.29 is 9.53 Å². The molecular formula is C21H37N5O2. The number of carbonyl (C=O) groups excluding carboxylic acids is 1. The van der Waals surface area contributed by atoms with E-state index in [0.29, 0.717) is 19.1 Å². The van der Waals surface area contributed by atoms with E-state index in [9.17, 15) is 4.79 Å². The molecule has 0 spiro atoms. The van der Waals surface area contributed by atoms with Crippen LogP contribution in [0.5, 0.6) is 0 Å². The maximum absolute atomic E-state index is 12.3. The van der Waals surface area contributed by atoms with Crippen molar-refractivity contribution in [3.8, 4) is 0 Å². The molecule has 1 amide bonds. The van der Waals surface area contributed by atoms with Crippen molar-refractivity contribution in [2.45, 2.75) is 90.4 Å². The Bertz CT molecular complexity index is 698. The largest absolute Gasteiger partial charge is 0.444 e. The summed E-state index contributed by atoms with van der Waals surface area (Å²) >= 11 is 0. The van der Waals surface area contributed by atoms with E-state index in [1.54, 1.807) is 0 Å². The van der Waals surface area contributed by atoms with Crippen LogP contribution in [0.15, 0.2) is 6.07 Å². The molecule has 1 atom stereocenters. The minimum Gasteiger partial charge on any atom is -0.444 e. The summed E-state index contributed by atoms with van der Waals surface area (Å²) in [5.41, 5.74) is 6.92. The molecule has 0 radical (unpaired) electrons. The Morgan fingerprint density at radius 3 is 2.43 bits per heavy atom. The number of piperidine rings is 2. The molecule has 3 heterocycles. The lowest BCUT2D eigenvalue weighted by Gasteiger charge is -2.45. The molecule has 2 fully saturated rings. The van der Waals surface area contributed by atoms with Gasteiger partial charge < -0.3 is 20.3 Å². The fourth-order valence-electron chi connectivity index (χ4n) is 4.47. The SMILES string of the molecule is Cc1cc(N2CCC(N)CC2(C)C)nn1C1CCN(C(=O)OC(C)(C)C)CC1. The summed E-state index contributed by atoms with van der Waals surface area (Å²) < 4.78 is 7.66. The lowest BCUT2D eigenvalue weighted by Crippen LogP contribution is -2.54. The number of nitrogens with two attached hydrogens (primary N) is 1. The van der Waals surface area contributed by atoms with Gasteiger partial charge in [0.15, 0.2) is 5.82 Å². The summed E-state index contributed by atoms with van der Waals surface area (Å²) in [5.74, 6) is 1.05. The second-order valence-corrected chi connectivity index (χ2v) is 10.0. The van der Waals surface area contributed by atoms with Crippen molar-refractivity contribution in [3.63, 3.8) is 0 Å². The molecule has 2 aliphatic heterocycles. The summed E-state index contributed by atoms with van der Waals surface area (Å²) in [5, 5.41) is 4.97. The van der Waals surface area contributed by atoms with Gasteiger partial charge in [0.2, 0.25) is 0 Å². The van der Waals surface area contributed by atoms with Gasteiger partial charge in [-0.2, -0.15) is 5.10 Å². The first kappa shape index (κ1) is 21.0. The molecule has 1 aromatic rings. The molecule has 0 aliphatic carbocycles. The molecule has 28 heavy (non-hydrogen) atoms. The Kier molecular flexibility index (Phi) is 5.67. The van der Waals surface area contributed by atoms with Gasteiger partial charge in [-0.3, -0.25) is 4.68 Å². The van der Waals surface area contributed by atoms with Crippen molar-refractivity contribution in [2.75, 3.05) is 24.5 Å². The van der Waals surface area contributed by atoms with Gasteiger partial charge in [0, 0.05) is 43.0 Å². The van der Waals surface area contributed by atoms with Crippen LogP contribution in [-0.2, 0) is 4.74 Å². The van der Waals surface area contributed by atoms with Crippen molar-refractivity contribution in [2.24, 2.45) is 5.73 Å². The monoisotopic (exact) mass is 391 g/mol. The molecular weight excluding hydrogens is 354 g/mol. The smallest absolute Gasteiger partial charge is 0.410 e. The van der Waals surface area contributed by atoms with E-state index in [1.807, 2.05) is 25.7 Å². The Morgan fingerprint density at radius 1 is 1.21 bits per heavy atom. The second-order valence-electron chi connectivity index (χ2n) is 10.0. The lowest BCUT2D eigenvalue weighted by atomic mass is 9.87. The third kappa shape index (κ3) is 4.62. The first-order valence-electron chi connectivity index (χ1n) is 10.5. The van der Waals surface area contributed by atoms with Gasteiger partial charge >= 0.3 is 6.09 Å². The minimum atomic E-state index is -0.453. The number of nitrogens with zero attached hydrogens (tertiary/aromatic N) is 4. The van der Waals surface area contributed by atoms with Crippen LogP contribution in [0.1, 0.15) is 72.0 Å². The number of carbonyl (C=O) groups is 1. The highest BCUT2D eigenvalue weighted by atomic mass is 16.6. The van der Waals surface area contributed by atoms with Gasteiger partial charge in [0.05, 0.1) is 6.04 Å². The maximum atomic E-state index is 12.3. The number of rotatable bonds is 2.